The Morgan fingerprint density at radius 1 is 1.26 bits per heavy atom. The maximum atomic E-state index is 12.8. The first kappa shape index (κ1) is 16.9. The lowest BCUT2D eigenvalue weighted by atomic mass is 10.3. The molecule has 7 nitrogen and oxygen atoms in total. The van der Waals surface area contributed by atoms with E-state index in [-0.39, 0.29) is 24.9 Å². The van der Waals surface area contributed by atoms with Gasteiger partial charge < -0.3 is 14.2 Å². The minimum atomic E-state index is -0.325. The van der Waals surface area contributed by atoms with Crippen molar-refractivity contribution >= 4 is 5.91 Å². The van der Waals surface area contributed by atoms with E-state index in [2.05, 4.69) is 10.1 Å². The van der Waals surface area contributed by atoms with E-state index in [4.69, 9.17) is 9.26 Å². The molecule has 2 aromatic rings. The van der Waals surface area contributed by atoms with E-state index in [9.17, 15) is 9.18 Å². The highest BCUT2D eigenvalue weighted by molar-refractivity contribution is 5.77. The summed E-state index contributed by atoms with van der Waals surface area (Å²) in [5, 5.41) is 3.81. The highest BCUT2D eigenvalue weighted by Gasteiger charge is 2.13. The summed E-state index contributed by atoms with van der Waals surface area (Å²) >= 11 is 0. The Bertz CT molecular complexity index is 642. The number of carbonyl (C=O) groups excluding carboxylic acids is 1. The predicted molar refractivity (Wildman–Crippen MR) is 80.1 cm³/mol. The SMILES string of the molecule is CN(CC(=O)N(C)C)Cc1nc(COc2ccc(F)cc2)no1. The Balaban J connectivity index is 1.83. The molecule has 0 atom stereocenters. The van der Waals surface area contributed by atoms with Gasteiger partial charge in [-0.15, -0.1) is 0 Å². The number of halogens is 1. The summed E-state index contributed by atoms with van der Waals surface area (Å²) in [5.74, 6) is 0.973. The number of ether oxygens (including phenoxy) is 1. The summed E-state index contributed by atoms with van der Waals surface area (Å²) in [5.41, 5.74) is 0. The number of hydrogen-bond donors (Lipinski definition) is 0. The van der Waals surface area contributed by atoms with Crippen molar-refractivity contribution in [2.24, 2.45) is 0 Å². The molecule has 1 amide bonds. The number of carbonyl (C=O) groups is 1. The molecule has 0 aliphatic carbocycles. The third kappa shape index (κ3) is 5.33. The summed E-state index contributed by atoms with van der Waals surface area (Å²) in [4.78, 5) is 19.1. The van der Waals surface area contributed by atoms with Crippen molar-refractivity contribution in [3.63, 3.8) is 0 Å². The van der Waals surface area contributed by atoms with E-state index >= 15 is 0 Å². The second-order valence-corrected chi connectivity index (χ2v) is 5.31. The molecule has 1 heterocycles. The molecule has 0 unspecified atom stereocenters. The maximum absolute atomic E-state index is 12.8. The van der Waals surface area contributed by atoms with Gasteiger partial charge in [-0.25, -0.2) is 4.39 Å². The lowest BCUT2D eigenvalue weighted by molar-refractivity contribution is -0.129. The Morgan fingerprint density at radius 3 is 2.61 bits per heavy atom. The van der Waals surface area contributed by atoms with Crippen LogP contribution in [0.2, 0.25) is 0 Å². The summed E-state index contributed by atoms with van der Waals surface area (Å²) in [6.07, 6.45) is 0. The standard InChI is InChI=1S/C15H19FN4O3/c1-19(2)15(21)9-20(3)8-14-17-13(18-23-14)10-22-12-6-4-11(16)5-7-12/h4-7H,8-10H2,1-3H3. The zero-order valence-electron chi connectivity index (χ0n) is 13.3. The maximum Gasteiger partial charge on any atom is 0.240 e. The molecule has 0 aliphatic rings. The van der Waals surface area contributed by atoms with Gasteiger partial charge in [-0.2, -0.15) is 4.98 Å². The van der Waals surface area contributed by atoms with Crippen molar-refractivity contribution in [3.05, 3.63) is 41.8 Å². The van der Waals surface area contributed by atoms with E-state index in [0.29, 0.717) is 24.0 Å². The molecule has 1 aromatic heterocycles. The van der Waals surface area contributed by atoms with Gasteiger partial charge in [0.2, 0.25) is 17.6 Å². The Morgan fingerprint density at radius 2 is 1.96 bits per heavy atom. The van der Waals surface area contributed by atoms with E-state index < -0.39 is 0 Å². The molecule has 0 N–H and O–H groups in total. The largest absolute Gasteiger partial charge is 0.485 e. The zero-order valence-corrected chi connectivity index (χ0v) is 13.3. The third-order valence-electron chi connectivity index (χ3n) is 3.00. The highest BCUT2D eigenvalue weighted by atomic mass is 19.1. The number of benzene rings is 1. The van der Waals surface area contributed by atoms with Gasteiger partial charge in [0.25, 0.3) is 0 Å². The summed E-state index contributed by atoms with van der Waals surface area (Å²) < 4.78 is 23.3. The first-order valence-electron chi connectivity index (χ1n) is 7.02. The summed E-state index contributed by atoms with van der Waals surface area (Å²) in [7, 11) is 5.20. The van der Waals surface area contributed by atoms with Crippen molar-refractivity contribution < 1.29 is 18.4 Å². The van der Waals surface area contributed by atoms with Crippen LogP contribution in [0.25, 0.3) is 0 Å². The van der Waals surface area contributed by atoms with Crippen LogP contribution in [-0.2, 0) is 17.9 Å². The van der Waals surface area contributed by atoms with Crippen LogP contribution in [0.5, 0.6) is 5.75 Å². The second kappa shape index (κ2) is 7.68. The fraction of sp³-hybridized carbons (Fsp3) is 0.400. The van der Waals surface area contributed by atoms with Crippen LogP contribution in [0.1, 0.15) is 11.7 Å². The molecule has 0 radical (unpaired) electrons. The minimum absolute atomic E-state index is 0.00752. The van der Waals surface area contributed by atoms with Crippen LogP contribution < -0.4 is 4.74 Å². The zero-order chi connectivity index (χ0) is 16.8. The van der Waals surface area contributed by atoms with Gasteiger partial charge in [0.15, 0.2) is 6.61 Å². The molecular weight excluding hydrogens is 303 g/mol. The van der Waals surface area contributed by atoms with Gasteiger partial charge in [-0.1, -0.05) is 5.16 Å². The van der Waals surface area contributed by atoms with Gasteiger partial charge in [-0.3, -0.25) is 9.69 Å². The minimum Gasteiger partial charge on any atom is -0.485 e. The predicted octanol–water partition coefficient (Wildman–Crippen LogP) is 1.31. The molecule has 2 rings (SSSR count). The Kier molecular flexibility index (Phi) is 5.64. The molecule has 124 valence electrons. The molecule has 1 aromatic carbocycles. The van der Waals surface area contributed by atoms with Crippen molar-refractivity contribution in [3.8, 4) is 5.75 Å². The van der Waals surface area contributed by atoms with E-state index in [0.717, 1.165) is 0 Å². The first-order chi connectivity index (χ1) is 10.9. The average Bonchev–Trinajstić information content (AvgIpc) is 2.93. The molecule has 8 heteroatoms. The number of likely N-dealkylation sites (N-methyl/N-ethyl adjacent to an activating group) is 2. The van der Waals surface area contributed by atoms with Gasteiger partial charge in [-0.05, 0) is 31.3 Å². The molecule has 0 aliphatic heterocycles. The van der Waals surface area contributed by atoms with Gasteiger partial charge in [0, 0.05) is 14.1 Å². The second-order valence-electron chi connectivity index (χ2n) is 5.31. The monoisotopic (exact) mass is 322 g/mol. The molecular formula is C15H19FN4O3. The van der Waals surface area contributed by atoms with Crippen LogP contribution >= 0.6 is 0 Å². The molecule has 0 spiro atoms. The number of aromatic nitrogens is 2. The fourth-order valence-electron chi connectivity index (χ4n) is 1.75. The molecule has 0 saturated carbocycles. The quantitative estimate of drug-likeness (QED) is 0.765. The normalized spacial score (nSPS) is 10.8. The molecule has 23 heavy (non-hydrogen) atoms. The van der Waals surface area contributed by atoms with Crippen LogP contribution in [0.3, 0.4) is 0 Å². The number of rotatable bonds is 7. The molecule has 0 bridgehead atoms. The summed E-state index contributed by atoms with van der Waals surface area (Å²) in [6.45, 7) is 0.745. The smallest absolute Gasteiger partial charge is 0.240 e. The average molecular weight is 322 g/mol. The van der Waals surface area contributed by atoms with Gasteiger partial charge in [0.05, 0.1) is 13.1 Å². The number of amides is 1. The van der Waals surface area contributed by atoms with E-state index in [1.165, 1.54) is 29.2 Å². The van der Waals surface area contributed by atoms with Crippen LogP contribution in [-0.4, -0.2) is 53.5 Å². The van der Waals surface area contributed by atoms with Crippen molar-refractivity contribution in [2.45, 2.75) is 13.2 Å². The van der Waals surface area contributed by atoms with Crippen LogP contribution in [0.4, 0.5) is 4.39 Å². The summed E-state index contributed by atoms with van der Waals surface area (Å²) in [6, 6.07) is 5.68. The highest BCUT2D eigenvalue weighted by Crippen LogP contribution is 2.12. The topological polar surface area (TPSA) is 71.7 Å². The number of nitrogens with zero attached hydrogens (tertiary/aromatic N) is 4. The lowest BCUT2D eigenvalue weighted by Crippen LogP contribution is -2.34. The van der Waals surface area contributed by atoms with Gasteiger partial charge in [0.1, 0.15) is 11.6 Å². The molecule has 0 saturated heterocycles. The van der Waals surface area contributed by atoms with Crippen molar-refractivity contribution in [1.29, 1.82) is 0 Å². The van der Waals surface area contributed by atoms with Crippen LogP contribution in [0.15, 0.2) is 28.8 Å². The van der Waals surface area contributed by atoms with Crippen molar-refractivity contribution in [2.75, 3.05) is 27.7 Å². The van der Waals surface area contributed by atoms with Crippen molar-refractivity contribution in [1.82, 2.24) is 19.9 Å². The van der Waals surface area contributed by atoms with E-state index in [1.54, 1.807) is 26.0 Å². The number of hydrogen-bond acceptors (Lipinski definition) is 6. The fourth-order valence-corrected chi connectivity index (χ4v) is 1.75. The van der Waals surface area contributed by atoms with E-state index in [1.807, 2.05) is 0 Å². The lowest BCUT2D eigenvalue weighted by Gasteiger charge is -2.16. The van der Waals surface area contributed by atoms with Crippen LogP contribution in [0, 0.1) is 5.82 Å². The first-order valence-corrected chi connectivity index (χ1v) is 7.02. The van der Waals surface area contributed by atoms with Gasteiger partial charge >= 0.3 is 0 Å². The molecule has 0 fully saturated rings. The Hall–Kier alpha value is -2.48. The Labute approximate surface area is 133 Å². The third-order valence-corrected chi connectivity index (χ3v) is 3.00.